The monoisotopic (exact) mass is 360 g/mol. The van der Waals surface area contributed by atoms with Gasteiger partial charge in [-0.15, -0.1) is 0 Å². The number of sulfonamides is 1. The highest BCUT2D eigenvalue weighted by Gasteiger charge is 2.14. The minimum atomic E-state index is -3.58. The Morgan fingerprint density at radius 1 is 1.08 bits per heavy atom. The van der Waals surface area contributed by atoms with Gasteiger partial charge in [0, 0.05) is 12.1 Å². The van der Waals surface area contributed by atoms with Crippen molar-refractivity contribution in [2.45, 2.75) is 30.8 Å². The van der Waals surface area contributed by atoms with Crippen LogP contribution in [0.5, 0.6) is 0 Å². The van der Waals surface area contributed by atoms with Crippen LogP contribution >= 0.6 is 0 Å². The predicted molar refractivity (Wildman–Crippen MR) is 94.5 cm³/mol. The Balaban J connectivity index is 1.99. The van der Waals surface area contributed by atoms with E-state index in [1.807, 2.05) is 0 Å². The van der Waals surface area contributed by atoms with Gasteiger partial charge in [0.1, 0.15) is 6.29 Å². The van der Waals surface area contributed by atoms with Crippen molar-refractivity contribution >= 4 is 22.2 Å². The summed E-state index contributed by atoms with van der Waals surface area (Å²) in [6, 6.07) is 14.1. The molecule has 0 aliphatic carbocycles. The van der Waals surface area contributed by atoms with Crippen LogP contribution in [-0.4, -0.2) is 26.7 Å². The average molecular weight is 360 g/mol. The van der Waals surface area contributed by atoms with E-state index < -0.39 is 16.1 Å². The summed E-state index contributed by atoms with van der Waals surface area (Å²) in [7, 11) is -3.58. The van der Waals surface area contributed by atoms with Gasteiger partial charge in [0.25, 0.3) is 5.91 Å². The van der Waals surface area contributed by atoms with Crippen LogP contribution in [0.15, 0.2) is 59.5 Å². The number of nitrogens with one attached hydrogen (secondary N) is 2. The molecule has 2 aromatic rings. The summed E-state index contributed by atoms with van der Waals surface area (Å²) in [6.45, 7) is 1.92. The zero-order chi connectivity index (χ0) is 18.3. The Morgan fingerprint density at radius 2 is 1.72 bits per heavy atom. The number of aldehydes is 1. The van der Waals surface area contributed by atoms with Crippen LogP contribution in [0.25, 0.3) is 0 Å². The highest BCUT2D eigenvalue weighted by Crippen LogP contribution is 2.10. The molecular formula is C18H20N2O4S. The second-order valence-electron chi connectivity index (χ2n) is 5.46. The molecule has 0 unspecified atom stereocenters. The van der Waals surface area contributed by atoms with Crippen LogP contribution in [0, 0.1) is 0 Å². The largest absolute Gasteiger partial charge is 0.343 e. The Hall–Kier alpha value is -2.51. The number of hydrogen-bond acceptors (Lipinski definition) is 4. The molecule has 0 fully saturated rings. The van der Waals surface area contributed by atoms with Crippen molar-refractivity contribution in [1.82, 2.24) is 10.0 Å². The zero-order valence-electron chi connectivity index (χ0n) is 13.8. The lowest BCUT2D eigenvalue weighted by Gasteiger charge is -2.11. The van der Waals surface area contributed by atoms with Crippen molar-refractivity contribution in [2.24, 2.45) is 0 Å². The molecule has 0 aliphatic heterocycles. The topological polar surface area (TPSA) is 92.3 Å². The number of amides is 1. The number of rotatable bonds is 8. The molecule has 2 aromatic carbocycles. The maximum absolute atomic E-state index is 12.2. The van der Waals surface area contributed by atoms with Gasteiger partial charge in [-0.2, -0.15) is 0 Å². The highest BCUT2D eigenvalue weighted by atomic mass is 32.2. The quantitative estimate of drug-likeness (QED) is 0.703. The van der Waals surface area contributed by atoms with Crippen molar-refractivity contribution in [2.75, 3.05) is 0 Å². The van der Waals surface area contributed by atoms with E-state index in [9.17, 15) is 18.0 Å². The third-order valence-corrected chi connectivity index (χ3v) is 5.07. The summed E-state index contributed by atoms with van der Waals surface area (Å²) >= 11 is 0. The third-order valence-electron chi connectivity index (χ3n) is 3.66. The molecule has 2 N–H and O–H groups in total. The molecular weight excluding hydrogens is 340 g/mol. The first kappa shape index (κ1) is 18.8. The van der Waals surface area contributed by atoms with Crippen LogP contribution in [0.4, 0.5) is 0 Å². The lowest BCUT2D eigenvalue weighted by atomic mass is 10.1. The summed E-state index contributed by atoms with van der Waals surface area (Å²) in [6.07, 6.45) is 1.22. The molecule has 0 spiro atoms. The highest BCUT2D eigenvalue weighted by molar-refractivity contribution is 7.89. The zero-order valence-corrected chi connectivity index (χ0v) is 14.6. The van der Waals surface area contributed by atoms with E-state index in [4.69, 9.17) is 0 Å². The Kier molecular flexibility index (Phi) is 6.44. The van der Waals surface area contributed by atoms with Gasteiger partial charge in [0.05, 0.1) is 10.9 Å². The first-order valence-corrected chi connectivity index (χ1v) is 9.34. The first-order chi connectivity index (χ1) is 12.0. The summed E-state index contributed by atoms with van der Waals surface area (Å²) in [5, 5.41) is 2.61. The minimum Gasteiger partial charge on any atom is -0.343 e. The van der Waals surface area contributed by atoms with Gasteiger partial charge in [-0.3, -0.25) is 4.79 Å². The first-order valence-electron chi connectivity index (χ1n) is 7.86. The number of carbonyl (C=O) groups is 2. The van der Waals surface area contributed by atoms with Gasteiger partial charge in [0.2, 0.25) is 10.0 Å². The van der Waals surface area contributed by atoms with Crippen molar-refractivity contribution in [3.8, 4) is 0 Å². The van der Waals surface area contributed by atoms with E-state index in [1.165, 1.54) is 12.1 Å². The van der Waals surface area contributed by atoms with Crippen molar-refractivity contribution in [3.05, 3.63) is 65.7 Å². The molecule has 25 heavy (non-hydrogen) atoms. The van der Waals surface area contributed by atoms with Gasteiger partial charge in [-0.1, -0.05) is 37.3 Å². The van der Waals surface area contributed by atoms with Crippen LogP contribution in [0.3, 0.4) is 0 Å². The molecule has 0 radical (unpaired) electrons. The van der Waals surface area contributed by atoms with Gasteiger partial charge in [0.15, 0.2) is 0 Å². The summed E-state index contributed by atoms with van der Waals surface area (Å²) in [5.41, 5.74) is 1.13. The smallest absolute Gasteiger partial charge is 0.251 e. The lowest BCUT2D eigenvalue weighted by Crippen LogP contribution is -2.35. The van der Waals surface area contributed by atoms with Crippen molar-refractivity contribution in [3.63, 3.8) is 0 Å². The molecule has 0 saturated heterocycles. The van der Waals surface area contributed by atoms with Crippen LogP contribution < -0.4 is 10.0 Å². The minimum absolute atomic E-state index is 0.116. The lowest BCUT2D eigenvalue weighted by molar-refractivity contribution is -0.109. The van der Waals surface area contributed by atoms with E-state index in [-0.39, 0.29) is 17.3 Å². The number of carbonyl (C=O) groups excluding carboxylic acids is 2. The van der Waals surface area contributed by atoms with Gasteiger partial charge in [-0.25, -0.2) is 13.1 Å². The van der Waals surface area contributed by atoms with E-state index in [2.05, 4.69) is 10.0 Å². The second kappa shape index (κ2) is 8.55. The molecule has 0 heterocycles. The number of benzene rings is 2. The van der Waals surface area contributed by atoms with E-state index in [1.54, 1.807) is 49.4 Å². The van der Waals surface area contributed by atoms with Crippen molar-refractivity contribution in [1.29, 1.82) is 0 Å². The fraction of sp³-hybridized carbons (Fsp3) is 0.222. The molecule has 1 atom stereocenters. The molecule has 132 valence electrons. The summed E-state index contributed by atoms with van der Waals surface area (Å²) in [5.74, 6) is -0.338. The average Bonchev–Trinajstić information content (AvgIpc) is 2.65. The predicted octanol–water partition coefficient (Wildman–Crippen LogP) is 1.87. The van der Waals surface area contributed by atoms with Gasteiger partial charge in [-0.05, 0) is 36.2 Å². The summed E-state index contributed by atoms with van der Waals surface area (Å²) in [4.78, 5) is 23.0. The molecule has 0 bridgehead atoms. The van der Waals surface area contributed by atoms with Gasteiger partial charge < -0.3 is 10.1 Å². The Labute approximate surface area is 147 Å². The number of hydrogen-bond donors (Lipinski definition) is 2. The molecule has 0 saturated carbocycles. The van der Waals surface area contributed by atoms with Gasteiger partial charge >= 0.3 is 0 Å². The Bertz CT molecular complexity index is 818. The maximum atomic E-state index is 12.2. The van der Waals surface area contributed by atoms with E-state index in [0.717, 1.165) is 5.56 Å². The molecule has 1 amide bonds. The fourth-order valence-corrected chi connectivity index (χ4v) is 3.16. The normalized spacial score (nSPS) is 12.4. The van der Waals surface area contributed by atoms with Crippen LogP contribution in [0.1, 0.15) is 29.3 Å². The molecule has 0 aromatic heterocycles. The standard InChI is InChI=1S/C18H20N2O4S/c1-2-16(13-21)20-18(22)15-10-8-14(9-11-15)12-19-25(23,24)17-6-4-3-5-7-17/h3-11,13,16,19H,2,12H2,1H3,(H,20,22)/t16-/m0/s1. The van der Waals surface area contributed by atoms with Crippen LogP contribution in [-0.2, 0) is 21.4 Å². The molecule has 2 rings (SSSR count). The molecule has 6 nitrogen and oxygen atoms in total. The maximum Gasteiger partial charge on any atom is 0.251 e. The third kappa shape index (κ3) is 5.23. The summed E-state index contributed by atoms with van der Waals surface area (Å²) < 4.78 is 26.8. The van der Waals surface area contributed by atoms with E-state index >= 15 is 0 Å². The molecule has 7 heteroatoms. The van der Waals surface area contributed by atoms with Crippen molar-refractivity contribution < 1.29 is 18.0 Å². The van der Waals surface area contributed by atoms with Crippen LogP contribution in [0.2, 0.25) is 0 Å². The molecule has 0 aliphatic rings. The SMILES string of the molecule is CC[C@@H](C=O)NC(=O)c1ccc(CNS(=O)(=O)c2ccccc2)cc1. The second-order valence-corrected chi connectivity index (χ2v) is 7.23. The van der Waals surface area contributed by atoms with E-state index in [0.29, 0.717) is 18.3 Å². The Morgan fingerprint density at radius 3 is 2.28 bits per heavy atom. The fourth-order valence-electron chi connectivity index (χ4n) is 2.12.